The molecule has 0 radical (unpaired) electrons. The molecular weight excluding hydrogens is 419 g/mol. The molecule has 0 saturated carbocycles. The van der Waals surface area contributed by atoms with E-state index in [0.717, 1.165) is 16.1 Å². The lowest BCUT2D eigenvalue weighted by Crippen LogP contribution is -2.45. The lowest BCUT2D eigenvalue weighted by Gasteiger charge is -2.29. The van der Waals surface area contributed by atoms with Crippen molar-refractivity contribution in [2.24, 2.45) is 0 Å². The Morgan fingerprint density at radius 3 is 2.27 bits per heavy atom. The number of amides is 1. The molecule has 2 aromatic carbocycles. The Hall–Kier alpha value is -1.47. The molecule has 5 nitrogen and oxygen atoms in total. The molecule has 9 heteroatoms. The molecule has 0 unspecified atom stereocenters. The first-order valence-corrected chi connectivity index (χ1v) is 10.5. The minimum Gasteiger partial charge on any atom is -0.324 e. The van der Waals surface area contributed by atoms with E-state index in [-0.39, 0.29) is 10.7 Å². The van der Waals surface area contributed by atoms with Gasteiger partial charge in [0, 0.05) is 15.7 Å². The number of nitrogens with one attached hydrogen (secondary N) is 1. The van der Waals surface area contributed by atoms with Crippen LogP contribution in [0.4, 0.5) is 11.4 Å². The Balaban J connectivity index is 2.41. The fraction of sp³-hybridized carbons (Fsp3) is 0.235. The lowest BCUT2D eigenvalue weighted by molar-refractivity contribution is -0.116. The van der Waals surface area contributed by atoms with E-state index in [1.165, 1.54) is 25.1 Å². The van der Waals surface area contributed by atoms with Crippen LogP contribution in [0.2, 0.25) is 15.1 Å². The van der Waals surface area contributed by atoms with Crippen LogP contribution in [0.3, 0.4) is 0 Å². The van der Waals surface area contributed by atoms with Gasteiger partial charge in [-0.1, -0.05) is 40.9 Å². The van der Waals surface area contributed by atoms with Gasteiger partial charge in [-0.3, -0.25) is 9.10 Å². The molecule has 0 aromatic heterocycles. The first-order valence-electron chi connectivity index (χ1n) is 7.52. The highest BCUT2D eigenvalue weighted by Crippen LogP contribution is 2.32. The molecular formula is C17H17Cl3N2O3S. The van der Waals surface area contributed by atoms with E-state index in [1.54, 1.807) is 25.1 Å². The van der Waals surface area contributed by atoms with Gasteiger partial charge in [0.15, 0.2) is 0 Å². The maximum atomic E-state index is 12.7. The highest BCUT2D eigenvalue weighted by atomic mass is 35.5. The van der Waals surface area contributed by atoms with Crippen molar-refractivity contribution in [1.29, 1.82) is 0 Å². The van der Waals surface area contributed by atoms with Crippen LogP contribution in [0, 0.1) is 6.92 Å². The van der Waals surface area contributed by atoms with Gasteiger partial charge in [0.05, 0.1) is 17.0 Å². The Labute approximate surface area is 167 Å². The fourth-order valence-electron chi connectivity index (χ4n) is 2.40. The molecule has 0 aliphatic heterocycles. The lowest BCUT2D eigenvalue weighted by atomic mass is 10.2. The molecule has 2 aromatic rings. The number of halogens is 3. The molecule has 0 spiro atoms. The highest BCUT2D eigenvalue weighted by Gasteiger charge is 2.31. The summed E-state index contributed by atoms with van der Waals surface area (Å²) in [5.74, 6) is -0.531. The van der Waals surface area contributed by atoms with Crippen molar-refractivity contribution in [3.63, 3.8) is 0 Å². The first kappa shape index (κ1) is 20.8. The molecule has 1 atom stereocenters. The van der Waals surface area contributed by atoms with Crippen molar-refractivity contribution in [3.8, 4) is 0 Å². The van der Waals surface area contributed by atoms with E-state index in [2.05, 4.69) is 5.32 Å². The van der Waals surface area contributed by atoms with Crippen LogP contribution in [-0.2, 0) is 14.8 Å². The number of sulfonamides is 1. The monoisotopic (exact) mass is 434 g/mol. The molecule has 0 aliphatic rings. The van der Waals surface area contributed by atoms with Crippen molar-refractivity contribution >= 4 is 62.1 Å². The topological polar surface area (TPSA) is 66.5 Å². The van der Waals surface area contributed by atoms with Crippen LogP contribution < -0.4 is 9.62 Å². The number of rotatable bonds is 5. The standard InChI is InChI=1S/C17H17Cl3N2O3S/c1-10-4-5-12(18)8-15(10)21-17(23)11(2)22(26(3,24)25)16-9-13(19)6-7-14(16)20/h4-9,11H,1-3H3,(H,21,23)/t11-/m0/s1. The largest absolute Gasteiger partial charge is 0.324 e. The van der Waals surface area contributed by atoms with E-state index in [4.69, 9.17) is 34.8 Å². The second-order valence-electron chi connectivity index (χ2n) is 5.78. The molecule has 0 aliphatic carbocycles. The molecule has 0 heterocycles. The molecule has 0 fully saturated rings. The Kier molecular flexibility index (Phi) is 6.45. The third-order valence-corrected chi connectivity index (χ3v) is 5.71. The average Bonchev–Trinajstić information content (AvgIpc) is 2.53. The quantitative estimate of drug-likeness (QED) is 0.737. The molecule has 1 N–H and O–H groups in total. The summed E-state index contributed by atoms with van der Waals surface area (Å²) in [7, 11) is -3.81. The predicted octanol–water partition coefficient (Wildman–Crippen LogP) is 4.75. The number of hydrogen-bond donors (Lipinski definition) is 1. The van der Waals surface area contributed by atoms with Crippen LogP contribution in [0.1, 0.15) is 12.5 Å². The van der Waals surface area contributed by atoms with E-state index < -0.39 is 22.0 Å². The van der Waals surface area contributed by atoms with Crippen molar-refractivity contribution in [2.75, 3.05) is 15.9 Å². The maximum Gasteiger partial charge on any atom is 0.248 e. The van der Waals surface area contributed by atoms with Crippen LogP contribution >= 0.6 is 34.8 Å². The second-order valence-corrected chi connectivity index (χ2v) is 8.92. The normalized spacial score (nSPS) is 12.5. The molecule has 1 amide bonds. The zero-order valence-corrected chi connectivity index (χ0v) is 17.3. The smallest absolute Gasteiger partial charge is 0.248 e. The number of carbonyl (C=O) groups excluding carboxylic acids is 1. The number of aryl methyl sites for hydroxylation is 1. The van der Waals surface area contributed by atoms with E-state index in [0.29, 0.717) is 15.7 Å². The summed E-state index contributed by atoms with van der Waals surface area (Å²) in [6.45, 7) is 3.27. The van der Waals surface area contributed by atoms with Crippen LogP contribution in [0.15, 0.2) is 36.4 Å². The van der Waals surface area contributed by atoms with E-state index in [1.807, 2.05) is 0 Å². The molecule has 26 heavy (non-hydrogen) atoms. The van der Waals surface area contributed by atoms with Gasteiger partial charge >= 0.3 is 0 Å². The number of carbonyl (C=O) groups is 1. The van der Waals surface area contributed by atoms with Gasteiger partial charge in [0.25, 0.3) is 0 Å². The van der Waals surface area contributed by atoms with Crippen molar-refractivity contribution in [3.05, 3.63) is 57.0 Å². The zero-order valence-electron chi connectivity index (χ0n) is 14.3. The number of benzene rings is 2. The van der Waals surface area contributed by atoms with Crippen LogP contribution in [0.25, 0.3) is 0 Å². The Morgan fingerprint density at radius 2 is 1.65 bits per heavy atom. The summed E-state index contributed by atoms with van der Waals surface area (Å²) in [5, 5.41) is 3.62. The van der Waals surface area contributed by atoms with Crippen molar-refractivity contribution in [2.45, 2.75) is 19.9 Å². The van der Waals surface area contributed by atoms with Gasteiger partial charge in [-0.05, 0) is 49.7 Å². The summed E-state index contributed by atoms with van der Waals surface area (Å²) in [5.41, 5.74) is 1.42. The summed E-state index contributed by atoms with van der Waals surface area (Å²) in [6, 6.07) is 8.39. The van der Waals surface area contributed by atoms with Crippen molar-refractivity contribution in [1.82, 2.24) is 0 Å². The molecule has 2 rings (SSSR count). The minimum absolute atomic E-state index is 0.132. The highest BCUT2D eigenvalue weighted by molar-refractivity contribution is 7.92. The maximum absolute atomic E-state index is 12.7. The van der Waals surface area contributed by atoms with Crippen LogP contribution in [0.5, 0.6) is 0 Å². The molecule has 0 bridgehead atoms. The molecule has 0 saturated heterocycles. The van der Waals surface area contributed by atoms with Crippen LogP contribution in [-0.4, -0.2) is 26.6 Å². The van der Waals surface area contributed by atoms with Crippen molar-refractivity contribution < 1.29 is 13.2 Å². The Bertz CT molecular complexity index is 948. The van der Waals surface area contributed by atoms with Gasteiger partial charge in [0.2, 0.25) is 15.9 Å². The van der Waals surface area contributed by atoms with E-state index in [9.17, 15) is 13.2 Å². The number of hydrogen-bond acceptors (Lipinski definition) is 3. The summed E-state index contributed by atoms with van der Waals surface area (Å²) < 4.78 is 25.6. The summed E-state index contributed by atoms with van der Waals surface area (Å²) in [4.78, 5) is 12.7. The van der Waals surface area contributed by atoms with Gasteiger partial charge in [-0.25, -0.2) is 8.42 Å². The SMILES string of the molecule is Cc1ccc(Cl)cc1NC(=O)[C@H](C)N(c1cc(Cl)ccc1Cl)S(C)(=O)=O. The number of anilines is 2. The predicted molar refractivity (Wildman–Crippen MR) is 108 cm³/mol. The third kappa shape index (κ3) is 4.82. The van der Waals surface area contributed by atoms with Gasteiger partial charge in [0.1, 0.15) is 6.04 Å². The third-order valence-electron chi connectivity index (χ3n) is 3.69. The second kappa shape index (κ2) is 8.05. The summed E-state index contributed by atoms with van der Waals surface area (Å²) >= 11 is 18.1. The Morgan fingerprint density at radius 1 is 1.08 bits per heavy atom. The van der Waals surface area contributed by atoms with Gasteiger partial charge in [-0.15, -0.1) is 0 Å². The van der Waals surface area contributed by atoms with Gasteiger partial charge < -0.3 is 5.32 Å². The summed E-state index contributed by atoms with van der Waals surface area (Å²) in [6.07, 6.45) is 0.999. The fourth-order valence-corrected chi connectivity index (χ4v) is 4.18. The van der Waals surface area contributed by atoms with Gasteiger partial charge in [-0.2, -0.15) is 0 Å². The molecule has 140 valence electrons. The first-order chi connectivity index (χ1) is 12.0. The van der Waals surface area contributed by atoms with E-state index >= 15 is 0 Å². The average molecular weight is 436 g/mol. The number of nitrogens with zero attached hydrogens (tertiary/aromatic N) is 1. The zero-order chi connectivity index (χ0) is 19.6. The minimum atomic E-state index is -3.81.